The molecule has 0 saturated carbocycles. The van der Waals surface area contributed by atoms with Gasteiger partial charge in [0.1, 0.15) is 11.4 Å². The van der Waals surface area contributed by atoms with Crippen molar-refractivity contribution in [3.8, 4) is 0 Å². The first-order valence-corrected chi connectivity index (χ1v) is 6.23. The molecule has 0 unspecified atom stereocenters. The van der Waals surface area contributed by atoms with Gasteiger partial charge < -0.3 is 9.64 Å². The van der Waals surface area contributed by atoms with E-state index in [0.717, 1.165) is 0 Å². The van der Waals surface area contributed by atoms with E-state index in [1.165, 1.54) is 17.2 Å². The Kier molecular flexibility index (Phi) is 5.43. The van der Waals surface area contributed by atoms with Crippen molar-refractivity contribution in [1.82, 2.24) is 4.90 Å². The van der Waals surface area contributed by atoms with Crippen LogP contribution < -0.4 is 0 Å². The number of halogens is 1. The molecule has 20 heavy (non-hydrogen) atoms. The average Bonchev–Trinajstić information content (AvgIpc) is 2.38. The summed E-state index contributed by atoms with van der Waals surface area (Å²) in [5, 5.41) is 0. The van der Waals surface area contributed by atoms with Crippen LogP contribution in [-0.2, 0) is 9.53 Å². The van der Waals surface area contributed by atoms with E-state index in [1.54, 1.807) is 40.1 Å². The van der Waals surface area contributed by atoms with E-state index in [2.05, 4.69) is 0 Å². The van der Waals surface area contributed by atoms with Gasteiger partial charge in [-0.2, -0.15) is 0 Å². The zero-order chi connectivity index (χ0) is 15.3. The number of ketones is 1. The smallest absolute Gasteiger partial charge is 0.343 e. The first kappa shape index (κ1) is 15.9. The van der Waals surface area contributed by atoms with Crippen LogP contribution in [0.15, 0.2) is 30.0 Å². The Morgan fingerprint density at radius 1 is 1.35 bits per heavy atom. The van der Waals surface area contributed by atoms with Crippen molar-refractivity contribution in [1.29, 1.82) is 0 Å². The summed E-state index contributed by atoms with van der Waals surface area (Å²) in [5.74, 6) is -2.06. The lowest BCUT2D eigenvalue weighted by Gasteiger charge is -2.11. The standard InChI is InChI=1S/C15H18FNO3/c1-5-20-15(19)12(9-17(3)4)14(18)11-8-6-7-10(2)13(11)16/h6-9H,5H2,1-4H3/b12-9-. The molecule has 0 saturated heterocycles. The Labute approximate surface area is 117 Å². The Bertz CT molecular complexity index is 550. The molecule has 4 nitrogen and oxygen atoms in total. The second-order valence-corrected chi connectivity index (χ2v) is 4.49. The lowest BCUT2D eigenvalue weighted by Crippen LogP contribution is -2.20. The van der Waals surface area contributed by atoms with E-state index < -0.39 is 17.6 Å². The molecule has 0 aliphatic rings. The monoisotopic (exact) mass is 279 g/mol. The third-order valence-corrected chi connectivity index (χ3v) is 2.56. The Balaban J connectivity index is 3.24. The number of hydrogen-bond acceptors (Lipinski definition) is 4. The quantitative estimate of drug-likeness (QED) is 0.273. The zero-order valence-corrected chi connectivity index (χ0v) is 12.1. The molecule has 0 bridgehead atoms. The minimum atomic E-state index is -0.757. The minimum Gasteiger partial charge on any atom is -0.462 e. The molecule has 0 atom stereocenters. The van der Waals surface area contributed by atoms with Gasteiger partial charge in [0.05, 0.1) is 12.2 Å². The second-order valence-electron chi connectivity index (χ2n) is 4.49. The van der Waals surface area contributed by atoms with Gasteiger partial charge in [-0.25, -0.2) is 9.18 Å². The fraction of sp³-hybridized carbons (Fsp3) is 0.333. The van der Waals surface area contributed by atoms with E-state index in [1.807, 2.05) is 0 Å². The van der Waals surface area contributed by atoms with E-state index in [0.29, 0.717) is 5.56 Å². The van der Waals surface area contributed by atoms with Crippen LogP contribution >= 0.6 is 0 Å². The van der Waals surface area contributed by atoms with E-state index >= 15 is 0 Å². The van der Waals surface area contributed by atoms with E-state index in [9.17, 15) is 14.0 Å². The molecule has 0 N–H and O–H groups in total. The van der Waals surface area contributed by atoms with Gasteiger partial charge in [0.15, 0.2) is 0 Å². The highest BCUT2D eigenvalue weighted by molar-refractivity contribution is 6.24. The third-order valence-electron chi connectivity index (χ3n) is 2.56. The number of aryl methyl sites for hydroxylation is 1. The highest BCUT2D eigenvalue weighted by atomic mass is 19.1. The zero-order valence-electron chi connectivity index (χ0n) is 12.1. The topological polar surface area (TPSA) is 46.6 Å². The van der Waals surface area contributed by atoms with E-state index in [-0.39, 0.29) is 17.7 Å². The Morgan fingerprint density at radius 3 is 2.55 bits per heavy atom. The maximum atomic E-state index is 14.0. The van der Waals surface area contributed by atoms with Crippen molar-refractivity contribution >= 4 is 11.8 Å². The van der Waals surface area contributed by atoms with Gasteiger partial charge in [-0.15, -0.1) is 0 Å². The maximum absolute atomic E-state index is 14.0. The number of rotatable bonds is 5. The summed E-state index contributed by atoms with van der Waals surface area (Å²) >= 11 is 0. The fourth-order valence-corrected chi connectivity index (χ4v) is 1.64. The summed E-state index contributed by atoms with van der Waals surface area (Å²) in [7, 11) is 3.33. The molecule has 1 aromatic carbocycles. The van der Waals surface area contributed by atoms with Crippen LogP contribution in [0.5, 0.6) is 0 Å². The number of esters is 1. The lowest BCUT2D eigenvalue weighted by atomic mass is 10.0. The van der Waals surface area contributed by atoms with Gasteiger partial charge in [-0.3, -0.25) is 4.79 Å². The molecule has 0 spiro atoms. The minimum absolute atomic E-state index is 0.133. The first-order chi connectivity index (χ1) is 9.38. The van der Waals surface area contributed by atoms with Gasteiger partial charge >= 0.3 is 5.97 Å². The van der Waals surface area contributed by atoms with Crippen molar-refractivity contribution in [2.45, 2.75) is 13.8 Å². The average molecular weight is 279 g/mol. The summed E-state index contributed by atoms with van der Waals surface area (Å²) < 4.78 is 18.8. The van der Waals surface area contributed by atoms with Gasteiger partial charge in [0.2, 0.25) is 5.78 Å². The molecule has 0 aliphatic carbocycles. The van der Waals surface area contributed by atoms with Crippen molar-refractivity contribution in [3.63, 3.8) is 0 Å². The highest BCUT2D eigenvalue weighted by Crippen LogP contribution is 2.17. The number of benzene rings is 1. The van der Waals surface area contributed by atoms with Crippen LogP contribution in [0.3, 0.4) is 0 Å². The molecule has 0 fully saturated rings. The SMILES string of the molecule is CCOC(=O)/C(=C\N(C)C)C(=O)c1cccc(C)c1F. The molecule has 1 aromatic rings. The number of carbonyl (C=O) groups excluding carboxylic acids is 2. The van der Waals surface area contributed by atoms with Crippen LogP contribution in [-0.4, -0.2) is 37.4 Å². The van der Waals surface area contributed by atoms with Gasteiger partial charge in [-0.1, -0.05) is 12.1 Å². The fourth-order valence-electron chi connectivity index (χ4n) is 1.64. The first-order valence-electron chi connectivity index (χ1n) is 6.23. The summed E-state index contributed by atoms with van der Waals surface area (Å²) in [6.07, 6.45) is 1.34. The highest BCUT2D eigenvalue weighted by Gasteiger charge is 2.24. The van der Waals surface area contributed by atoms with Crippen LogP contribution in [0.4, 0.5) is 4.39 Å². The predicted molar refractivity (Wildman–Crippen MR) is 73.9 cm³/mol. The number of hydrogen-bond donors (Lipinski definition) is 0. The van der Waals surface area contributed by atoms with Crippen molar-refractivity contribution in [3.05, 3.63) is 46.9 Å². The molecular weight excluding hydrogens is 261 g/mol. The second kappa shape index (κ2) is 6.84. The predicted octanol–water partition coefficient (Wildman–Crippen LogP) is 2.33. The molecular formula is C15H18FNO3. The largest absolute Gasteiger partial charge is 0.462 e. The third kappa shape index (κ3) is 3.66. The molecule has 0 heterocycles. The van der Waals surface area contributed by atoms with Crippen molar-refractivity contribution in [2.75, 3.05) is 20.7 Å². The van der Waals surface area contributed by atoms with E-state index in [4.69, 9.17) is 4.74 Å². The van der Waals surface area contributed by atoms with Gasteiger partial charge in [0.25, 0.3) is 0 Å². The molecule has 0 aromatic heterocycles. The van der Waals surface area contributed by atoms with Crippen LogP contribution in [0.1, 0.15) is 22.8 Å². The van der Waals surface area contributed by atoms with Crippen LogP contribution in [0.2, 0.25) is 0 Å². The molecule has 0 radical (unpaired) electrons. The number of carbonyl (C=O) groups is 2. The summed E-state index contributed by atoms with van der Waals surface area (Å²) in [4.78, 5) is 25.7. The maximum Gasteiger partial charge on any atom is 0.343 e. The summed E-state index contributed by atoms with van der Waals surface area (Å²) in [6.45, 7) is 3.35. The lowest BCUT2D eigenvalue weighted by molar-refractivity contribution is -0.138. The summed E-state index contributed by atoms with van der Waals surface area (Å²) in [5.41, 5.74) is 0.0245. The molecule has 5 heteroatoms. The number of ether oxygens (including phenoxy) is 1. The Morgan fingerprint density at radius 2 is 2.00 bits per heavy atom. The van der Waals surface area contributed by atoms with Crippen LogP contribution in [0, 0.1) is 12.7 Å². The van der Waals surface area contributed by atoms with Crippen molar-refractivity contribution < 1.29 is 18.7 Å². The van der Waals surface area contributed by atoms with Crippen LogP contribution in [0.25, 0.3) is 0 Å². The molecule has 0 aliphatic heterocycles. The molecule has 0 amide bonds. The van der Waals surface area contributed by atoms with Gasteiger partial charge in [-0.05, 0) is 25.5 Å². The van der Waals surface area contributed by atoms with Gasteiger partial charge in [0, 0.05) is 20.3 Å². The normalized spacial score (nSPS) is 11.2. The molecule has 108 valence electrons. The summed E-state index contributed by atoms with van der Waals surface area (Å²) in [6, 6.07) is 4.49. The van der Waals surface area contributed by atoms with Crippen molar-refractivity contribution in [2.24, 2.45) is 0 Å². The number of nitrogens with zero attached hydrogens (tertiary/aromatic N) is 1. The Hall–Kier alpha value is -2.17. The molecule has 1 rings (SSSR count). The number of Topliss-reactive ketones (excluding diaryl/α,β-unsaturated/α-hetero) is 1.